The molecule has 5 heteroatoms. The normalized spacial score (nSPS) is 10.8. The highest BCUT2D eigenvalue weighted by atomic mass is 16.5. The average Bonchev–Trinajstić information content (AvgIpc) is 2.96. The van der Waals surface area contributed by atoms with Crippen molar-refractivity contribution in [3.8, 4) is 11.4 Å². The molecule has 0 unspecified atom stereocenters. The van der Waals surface area contributed by atoms with Gasteiger partial charge in [0, 0.05) is 31.8 Å². The Hall–Kier alpha value is -2.61. The molecule has 0 radical (unpaired) electrons. The third kappa shape index (κ3) is 3.69. The maximum atomic E-state index is 7.19. The van der Waals surface area contributed by atoms with Gasteiger partial charge in [0.2, 0.25) is 11.7 Å². The largest absolute Gasteiger partial charge is 0.379 e. The van der Waals surface area contributed by atoms with Gasteiger partial charge in [-0.25, -0.2) is 4.85 Å². The number of anilines is 1. The molecule has 1 aromatic heterocycles. The van der Waals surface area contributed by atoms with Crippen LogP contribution in [0.3, 0.4) is 0 Å². The van der Waals surface area contributed by atoms with Gasteiger partial charge < -0.3 is 9.42 Å². The SMILES string of the molecule is [C-]#[N+]c1cc(-c2noc(CCC=CC)n2)cc(N(C)C)c1. The fraction of sp³-hybridized carbons (Fsp3) is 0.312. The van der Waals surface area contributed by atoms with Crippen LogP contribution >= 0.6 is 0 Å². The number of benzene rings is 1. The molecular weight excluding hydrogens is 264 g/mol. The first-order valence-corrected chi connectivity index (χ1v) is 6.78. The smallest absolute Gasteiger partial charge is 0.227 e. The predicted octanol–water partition coefficient (Wildman–Crippen LogP) is 3.86. The second-order valence-corrected chi connectivity index (χ2v) is 4.86. The third-order valence-electron chi connectivity index (χ3n) is 3.03. The summed E-state index contributed by atoms with van der Waals surface area (Å²) in [6.45, 7) is 9.18. The fourth-order valence-corrected chi connectivity index (χ4v) is 1.89. The summed E-state index contributed by atoms with van der Waals surface area (Å²) in [7, 11) is 3.87. The molecule has 0 atom stereocenters. The van der Waals surface area contributed by atoms with Crippen molar-refractivity contribution in [2.24, 2.45) is 0 Å². The molecule has 0 saturated carbocycles. The van der Waals surface area contributed by atoms with Gasteiger partial charge >= 0.3 is 0 Å². The summed E-state index contributed by atoms with van der Waals surface area (Å²) in [5.74, 6) is 1.14. The molecule has 0 N–H and O–H groups in total. The zero-order valence-corrected chi connectivity index (χ0v) is 12.5. The molecule has 0 fully saturated rings. The Labute approximate surface area is 124 Å². The molecule has 2 aromatic rings. The molecule has 1 aromatic carbocycles. The summed E-state index contributed by atoms with van der Waals surface area (Å²) in [5.41, 5.74) is 2.31. The van der Waals surface area contributed by atoms with Gasteiger partial charge in [-0.2, -0.15) is 4.98 Å². The second kappa shape index (κ2) is 6.71. The Bertz CT molecular complexity index is 680. The second-order valence-electron chi connectivity index (χ2n) is 4.86. The van der Waals surface area contributed by atoms with Crippen LogP contribution in [0.25, 0.3) is 16.2 Å². The summed E-state index contributed by atoms with van der Waals surface area (Å²) in [5, 5.41) is 4.01. The molecular formula is C16H18N4O. The minimum atomic E-state index is 0.527. The number of aromatic nitrogens is 2. The Morgan fingerprint density at radius 1 is 1.33 bits per heavy atom. The van der Waals surface area contributed by atoms with Crippen molar-refractivity contribution in [1.82, 2.24) is 10.1 Å². The third-order valence-corrected chi connectivity index (χ3v) is 3.03. The van der Waals surface area contributed by atoms with Gasteiger partial charge in [0.1, 0.15) is 0 Å². The van der Waals surface area contributed by atoms with E-state index in [2.05, 4.69) is 21.1 Å². The van der Waals surface area contributed by atoms with E-state index in [4.69, 9.17) is 11.1 Å². The van der Waals surface area contributed by atoms with Crippen molar-refractivity contribution < 1.29 is 4.52 Å². The molecule has 0 aliphatic heterocycles. The zero-order chi connectivity index (χ0) is 15.2. The summed E-state index contributed by atoms with van der Waals surface area (Å²) in [6, 6.07) is 5.57. The molecule has 0 spiro atoms. The monoisotopic (exact) mass is 282 g/mol. The molecule has 0 amide bonds. The van der Waals surface area contributed by atoms with Crippen LogP contribution < -0.4 is 4.90 Å². The van der Waals surface area contributed by atoms with Crippen molar-refractivity contribution in [3.63, 3.8) is 0 Å². The molecule has 108 valence electrons. The standard InChI is InChI=1S/C16H18N4O/c1-5-6-7-8-15-18-16(19-21-15)12-9-13(17-2)11-14(10-12)20(3)4/h5-6,9-11H,7-8H2,1,3-4H3. The van der Waals surface area contributed by atoms with Crippen LogP contribution in [0, 0.1) is 6.57 Å². The summed E-state index contributed by atoms with van der Waals surface area (Å²) >= 11 is 0. The fourth-order valence-electron chi connectivity index (χ4n) is 1.89. The summed E-state index contributed by atoms with van der Waals surface area (Å²) in [6.07, 6.45) is 5.66. The summed E-state index contributed by atoms with van der Waals surface area (Å²) < 4.78 is 5.25. The lowest BCUT2D eigenvalue weighted by molar-refractivity contribution is 0.379. The van der Waals surface area contributed by atoms with Gasteiger partial charge in [-0.1, -0.05) is 17.3 Å². The van der Waals surface area contributed by atoms with Gasteiger partial charge in [0.15, 0.2) is 5.69 Å². The number of nitrogens with zero attached hydrogens (tertiary/aromatic N) is 4. The van der Waals surface area contributed by atoms with Gasteiger partial charge in [-0.05, 0) is 31.5 Å². The summed E-state index contributed by atoms with van der Waals surface area (Å²) in [4.78, 5) is 9.84. The Morgan fingerprint density at radius 3 is 2.81 bits per heavy atom. The first kappa shape index (κ1) is 14.8. The number of hydrogen-bond acceptors (Lipinski definition) is 4. The van der Waals surface area contributed by atoms with Crippen molar-refractivity contribution in [1.29, 1.82) is 0 Å². The van der Waals surface area contributed by atoms with E-state index in [0.717, 1.165) is 24.1 Å². The molecule has 5 nitrogen and oxygen atoms in total. The molecule has 21 heavy (non-hydrogen) atoms. The van der Waals surface area contributed by atoms with Crippen molar-refractivity contribution in [2.75, 3.05) is 19.0 Å². The van der Waals surface area contributed by atoms with Gasteiger partial charge in [0.05, 0.1) is 6.57 Å². The van der Waals surface area contributed by atoms with Crippen LogP contribution in [-0.4, -0.2) is 24.2 Å². The molecule has 2 rings (SSSR count). The molecule has 0 bridgehead atoms. The van der Waals surface area contributed by atoms with Crippen molar-refractivity contribution in [2.45, 2.75) is 19.8 Å². The lowest BCUT2D eigenvalue weighted by atomic mass is 10.1. The van der Waals surface area contributed by atoms with Gasteiger partial charge in [-0.3, -0.25) is 0 Å². The highest BCUT2D eigenvalue weighted by molar-refractivity contribution is 5.71. The zero-order valence-electron chi connectivity index (χ0n) is 12.5. The van der Waals surface area contributed by atoms with E-state index >= 15 is 0 Å². The minimum Gasteiger partial charge on any atom is -0.379 e. The molecule has 1 heterocycles. The van der Waals surface area contributed by atoms with Crippen LogP contribution in [0.15, 0.2) is 34.9 Å². The van der Waals surface area contributed by atoms with Crippen molar-refractivity contribution in [3.05, 3.63) is 47.7 Å². The number of allylic oxidation sites excluding steroid dienone is 2. The van der Waals surface area contributed by atoms with E-state index in [-0.39, 0.29) is 0 Å². The van der Waals surface area contributed by atoms with Crippen molar-refractivity contribution >= 4 is 11.4 Å². The van der Waals surface area contributed by atoms with Crippen LogP contribution in [0.5, 0.6) is 0 Å². The molecule has 0 aliphatic carbocycles. The Kier molecular flexibility index (Phi) is 4.72. The Morgan fingerprint density at radius 2 is 2.14 bits per heavy atom. The number of rotatable bonds is 5. The topological polar surface area (TPSA) is 46.5 Å². The van der Waals surface area contributed by atoms with E-state index in [9.17, 15) is 0 Å². The minimum absolute atomic E-state index is 0.527. The molecule has 0 saturated heterocycles. The van der Waals surface area contributed by atoms with Crippen LogP contribution in [0.4, 0.5) is 11.4 Å². The van der Waals surface area contributed by atoms with Crippen LogP contribution in [0.2, 0.25) is 0 Å². The maximum Gasteiger partial charge on any atom is 0.227 e. The van der Waals surface area contributed by atoms with Crippen LogP contribution in [-0.2, 0) is 6.42 Å². The van der Waals surface area contributed by atoms with E-state index in [0.29, 0.717) is 17.4 Å². The van der Waals surface area contributed by atoms with E-state index in [1.165, 1.54) is 0 Å². The lowest BCUT2D eigenvalue weighted by Gasteiger charge is -2.13. The highest BCUT2D eigenvalue weighted by Gasteiger charge is 2.11. The predicted molar refractivity (Wildman–Crippen MR) is 83.5 cm³/mol. The first-order valence-electron chi connectivity index (χ1n) is 6.78. The quantitative estimate of drug-likeness (QED) is 0.617. The van der Waals surface area contributed by atoms with Gasteiger partial charge in [0.25, 0.3) is 0 Å². The van der Waals surface area contributed by atoms with Gasteiger partial charge in [-0.15, -0.1) is 0 Å². The first-order chi connectivity index (χ1) is 10.1. The average molecular weight is 282 g/mol. The molecule has 0 aliphatic rings. The highest BCUT2D eigenvalue weighted by Crippen LogP contribution is 2.28. The number of aryl methyl sites for hydroxylation is 1. The van der Waals surface area contributed by atoms with E-state index in [1.54, 1.807) is 6.07 Å². The van der Waals surface area contributed by atoms with E-state index < -0.39 is 0 Å². The number of hydrogen-bond donors (Lipinski definition) is 0. The Balaban J connectivity index is 2.29. The van der Waals surface area contributed by atoms with E-state index in [1.807, 2.05) is 44.1 Å². The maximum absolute atomic E-state index is 7.19. The lowest BCUT2D eigenvalue weighted by Crippen LogP contribution is -2.08. The van der Waals surface area contributed by atoms with Crippen LogP contribution in [0.1, 0.15) is 19.2 Å².